The lowest BCUT2D eigenvalue weighted by atomic mass is 9.87. The van der Waals surface area contributed by atoms with Gasteiger partial charge in [-0.15, -0.1) is 0 Å². The minimum absolute atomic E-state index is 0.0104. The van der Waals surface area contributed by atoms with Crippen LogP contribution in [-0.2, 0) is 26.6 Å². The van der Waals surface area contributed by atoms with Crippen LogP contribution in [0.1, 0.15) is 42.3 Å². The molecule has 4 amide bonds. The lowest BCUT2D eigenvalue weighted by Gasteiger charge is -2.33. The van der Waals surface area contributed by atoms with Gasteiger partial charge in [0.1, 0.15) is 5.82 Å². The molecule has 0 radical (unpaired) electrons. The summed E-state index contributed by atoms with van der Waals surface area (Å²) in [7, 11) is -3.26. The van der Waals surface area contributed by atoms with Gasteiger partial charge >= 0.3 is 18.1 Å². The highest BCUT2D eigenvalue weighted by atomic mass is 32.2. The Labute approximate surface area is 223 Å². The molecule has 1 aliphatic heterocycles. The Morgan fingerprint density at radius 1 is 0.949 bits per heavy atom. The van der Waals surface area contributed by atoms with Crippen molar-refractivity contribution in [3.05, 3.63) is 65.0 Å². The highest BCUT2D eigenvalue weighted by Gasteiger charge is 2.39. The van der Waals surface area contributed by atoms with Crippen molar-refractivity contribution < 1.29 is 40.4 Å². The third kappa shape index (κ3) is 7.68. The molecule has 2 aromatic rings. The van der Waals surface area contributed by atoms with Crippen LogP contribution in [0.15, 0.2) is 42.5 Å². The molecule has 39 heavy (non-hydrogen) atoms. The number of anilines is 1. The smallest absolute Gasteiger partial charge is 0.322 e. The maximum Gasteiger partial charge on any atom is 0.472 e. The number of benzene rings is 2. The molecule has 0 unspecified atom stereocenters. The van der Waals surface area contributed by atoms with Crippen LogP contribution in [0.5, 0.6) is 0 Å². The molecule has 1 saturated heterocycles. The zero-order valence-corrected chi connectivity index (χ0v) is 22.2. The minimum atomic E-state index is -5.22. The Hall–Kier alpha value is -3.68. The summed E-state index contributed by atoms with van der Waals surface area (Å²) in [6.45, 7) is 5.71. The number of urea groups is 1. The Balaban J connectivity index is 1.85. The summed E-state index contributed by atoms with van der Waals surface area (Å²) in [6, 6.07) is 9.61. The van der Waals surface area contributed by atoms with Gasteiger partial charge in [0.15, 0.2) is 9.84 Å². The minimum Gasteiger partial charge on any atom is -0.322 e. The molecule has 0 spiro atoms. The zero-order chi connectivity index (χ0) is 29.2. The van der Waals surface area contributed by atoms with Crippen LogP contribution in [0.25, 0.3) is 0 Å². The number of nitrogens with one attached hydrogen (secondary N) is 2. The Morgan fingerprint density at radius 3 is 2.05 bits per heavy atom. The molecule has 3 rings (SSSR count). The number of hydrogen-bond acceptors (Lipinski definition) is 5. The molecule has 0 atom stereocenters. The highest BCUT2D eigenvalue weighted by Crippen LogP contribution is 2.27. The highest BCUT2D eigenvalue weighted by molar-refractivity contribution is 7.91. The van der Waals surface area contributed by atoms with E-state index in [1.165, 1.54) is 21.3 Å². The first kappa shape index (κ1) is 29.9. The Bertz CT molecular complexity index is 1340. The molecular weight excluding hydrogens is 544 g/mol. The van der Waals surface area contributed by atoms with Crippen molar-refractivity contribution >= 4 is 33.4 Å². The lowest BCUT2D eigenvalue weighted by molar-refractivity contribution is -0.174. The van der Waals surface area contributed by atoms with E-state index < -0.39 is 39.7 Å². The van der Waals surface area contributed by atoms with Gasteiger partial charge in [-0.1, -0.05) is 39.0 Å². The third-order valence-corrected chi connectivity index (χ3v) is 7.69. The average molecular weight is 573 g/mol. The molecule has 0 bridgehead atoms. The summed E-state index contributed by atoms with van der Waals surface area (Å²) in [5, 5.41) is 0. The molecule has 212 valence electrons. The molecule has 0 aromatic heterocycles. The van der Waals surface area contributed by atoms with Crippen molar-refractivity contribution in [2.45, 2.75) is 38.9 Å². The summed E-state index contributed by atoms with van der Waals surface area (Å²) in [5.41, 5.74) is 3.62. The zero-order valence-electron chi connectivity index (χ0n) is 21.4. The monoisotopic (exact) mass is 572 g/mol. The van der Waals surface area contributed by atoms with Crippen LogP contribution in [0, 0.1) is 5.82 Å². The van der Waals surface area contributed by atoms with Crippen LogP contribution in [0.4, 0.5) is 28.0 Å². The standard InChI is InChI=1S/C25H28F4N4O5S/c1-24(2,3)18-6-8-19(9-7-18)33(23(36)32-10-12-39(37,38)13-11-32)15-17-5-4-16(14-20(17)26)21(34)30-31-22(35)25(27,28)29/h4-9,14H,10-13,15H2,1-3H3,(H,30,34)(H,31,35). The maximum atomic E-state index is 15.0. The molecule has 2 aromatic carbocycles. The van der Waals surface area contributed by atoms with Crippen LogP contribution >= 0.6 is 0 Å². The fourth-order valence-electron chi connectivity index (χ4n) is 3.73. The van der Waals surface area contributed by atoms with E-state index in [1.54, 1.807) is 17.6 Å². The van der Waals surface area contributed by atoms with Crippen LogP contribution in [-0.4, -0.2) is 61.9 Å². The quantitative estimate of drug-likeness (QED) is 0.431. The molecule has 1 aliphatic rings. The Morgan fingerprint density at radius 2 is 1.54 bits per heavy atom. The first-order valence-corrected chi connectivity index (χ1v) is 13.6. The fraction of sp³-hybridized carbons (Fsp3) is 0.400. The predicted molar refractivity (Wildman–Crippen MR) is 135 cm³/mol. The van der Waals surface area contributed by atoms with E-state index in [-0.39, 0.29) is 47.7 Å². The number of hydrogen-bond donors (Lipinski definition) is 2. The number of rotatable bonds is 4. The van der Waals surface area contributed by atoms with Gasteiger partial charge in [0.05, 0.1) is 18.1 Å². The van der Waals surface area contributed by atoms with Gasteiger partial charge in [0, 0.05) is 29.9 Å². The van der Waals surface area contributed by atoms with Gasteiger partial charge in [-0.3, -0.25) is 25.3 Å². The second kappa shape index (κ2) is 11.2. The first-order chi connectivity index (χ1) is 18.0. The normalized spacial score (nSPS) is 15.4. The molecule has 0 saturated carbocycles. The molecule has 9 nitrogen and oxygen atoms in total. The van der Waals surface area contributed by atoms with Crippen LogP contribution in [0.2, 0.25) is 0 Å². The lowest BCUT2D eigenvalue weighted by Crippen LogP contribution is -2.49. The van der Waals surface area contributed by atoms with Crippen LogP contribution < -0.4 is 15.8 Å². The summed E-state index contributed by atoms with van der Waals surface area (Å²) in [5.74, 6) is -4.89. The van der Waals surface area contributed by atoms with E-state index in [2.05, 4.69) is 0 Å². The van der Waals surface area contributed by atoms with E-state index in [9.17, 15) is 36.0 Å². The predicted octanol–water partition coefficient (Wildman–Crippen LogP) is 3.30. The number of sulfone groups is 1. The topological polar surface area (TPSA) is 116 Å². The maximum absolute atomic E-state index is 15.0. The second-order valence-corrected chi connectivity index (χ2v) is 12.3. The largest absolute Gasteiger partial charge is 0.472 e. The number of amides is 4. The summed E-state index contributed by atoms with van der Waals surface area (Å²) in [4.78, 5) is 39.1. The third-order valence-electron chi connectivity index (χ3n) is 6.08. The number of halogens is 4. The average Bonchev–Trinajstić information content (AvgIpc) is 2.85. The van der Waals surface area contributed by atoms with Crippen molar-refractivity contribution in [2.75, 3.05) is 29.5 Å². The van der Waals surface area contributed by atoms with Gasteiger partial charge in [-0.25, -0.2) is 17.6 Å². The number of nitrogens with zero attached hydrogens (tertiary/aromatic N) is 2. The molecule has 1 fully saturated rings. The van der Waals surface area contributed by atoms with Crippen molar-refractivity contribution in [1.82, 2.24) is 15.8 Å². The summed E-state index contributed by atoms with van der Waals surface area (Å²) < 4.78 is 75.6. The van der Waals surface area contributed by atoms with E-state index in [4.69, 9.17) is 0 Å². The van der Waals surface area contributed by atoms with Gasteiger partial charge < -0.3 is 4.90 Å². The van der Waals surface area contributed by atoms with Gasteiger partial charge in [0.25, 0.3) is 5.91 Å². The number of carbonyl (C=O) groups excluding carboxylic acids is 3. The number of carbonyl (C=O) groups is 3. The SMILES string of the molecule is CC(C)(C)c1ccc(N(Cc2ccc(C(=O)NNC(=O)C(F)(F)F)cc2F)C(=O)N2CCS(=O)(=O)CC2)cc1. The first-order valence-electron chi connectivity index (χ1n) is 11.8. The van der Waals surface area contributed by atoms with E-state index in [0.29, 0.717) is 5.69 Å². The van der Waals surface area contributed by atoms with E-state index in [0.717, 1.165) is 17.7 Å². The van der Waals surface area contributed by atoms with E-state index >= 15 is 4.39 Å². The van der Waals surface area contributed by atoms with Crippen molar-refractivity contribution in [2.24, 2.45) is 0 Å². The van der Waals surface area contributed by atoms with Crippen molar-refractivity contribution in [1.29, 1.82) is 0 Å². The summed E-state index contributed by atoms with van der Waals surface area (Å²) in [6.07, 6.45) is -5.22. The molecule has 14 heteroatoms. The molecular formula is C25H28F4N4O5S. The van der Waals surface area contributed by atoms with Crippen molar-refractivity contribution in [3.8, 4) is 0 Å². The molecule has 2 N–H and O–H groups in total. The fourth-order valence-corrected chi connectivity index (χ4v) is 4.93. The molecule has 1 heterocycles. The van der Waals surface area contributed by atoms with Crippen molar-refractivity contribution in [3.63, 3.8) is 0 Å². The van der Waals surface area contributed by atoms with Gasteiger partial charge in [0.2, 0.25) is 0 Å². The van der Waals surface area contributed by atoms with E-state index in [1.807, 2.05) is 32.9 Å². The summed E-state index contributed by atoms with van der Waals surface area (Å²) >= 11 is 0. The van der Waals surface area contributed by atoms with Crippen LogP contribution in [0.3, 0.4) is 0 Å². The van der Waals surface area contributed by atoms with Gasteiger partial charge in [-0.05, 0) is 35.2 Å². The Kier molecular flexibility index (Phi) is 8.58. The van der Waals surface area contributed by atoms with Gasteiger partial charge in [-0.2, -0.15) is 13.2 Å². The second-order valence-electron chi connectivity index (χ2n) is 10.0. The number of alkyl halides is 3. The molecule has 0 aliphatic carbocycles. The number of hydrazine groups is 1.